The number of ether oxygens (including phenoxy) is 7. The first-order valence-corrected chi connectivity index (χ1v) is 20.0. The van der Waals surface area contributed by atoms with Crippen molar-refractivity contribution in [3.05, 3.63) is 66.2 Å². The van der Waals surface area contributed by atoms with Crippen LogP contribution in [0.2, 0.25) is 0 Å². The van der Waals surface area contributed by atoms with Crippen LogP contribution in [0.4, 0.5) is 0 Å². The Morgan fingerprint density at radius 2 is 1.09 bits per heavy atom. The fourth-order valence-corrected chi connectivity index (χ4v) is 7.19. The Kier molecular flexibility index (Phi) is 14.7. The highest BCUT2D eigenvalue weighted by atomic mass is 16.7. The number of phenols is 4. The third-order valence-electron chi connectivity index (χ3n) is 10.9. The van der Waals surface area contributed by atoms with Gasteiger partial charge in [-0.1, -0.05) is 12.1 Å². The van der Waals surface area contributed by atoms with Crippen LogP contribution in [-0.4, -0.2) is 195 Å². The molecule has 0 amide bonds. The Morgan fingerprint density at radius 1 is 0.576 bits per heavy atom. The molecule has 358 valence electrons. The predicted octanol–water partition coefficient (Wildman–Crippen LogP) is -3.00. The van der Waals surface area contributed by atoms with Gasteiger partial charge in [-0.15, -0.1) is 0 Å². The number of hydrogen-bond acceptors (Lipinski definition) is 23. The van der Waals surface area contributed by atoms with E-state index >= 15 is 0 Å². The summed E-state index contributed by atoms with van der Waals surface area (Å²) >= 11 is 0. The van der Waals surface area contributed by atoms with Crippen LogP contribution >= 0.6 is 0 Å². The van der Waals surface area contributed by atoms with Crippen LogP contribution in [0.1, 0.15) is 5.56 Å². The van der Waals surface area contributed by atoms with Crippen molar-refractivity contribution in [3.8, 4) is 51.6 Å². The van der Waals surface area contributed by atoms with Crippen LogP contribution in [-0.2, 0) is 23.7 Å². The number of esters is 1. The smallest absolute Gasteiger partial charge is 0.402 e. The summed E-state index contributed by atoms with van der Waals surface area (Å²) in [5, 5.41) is 157. The van der Waals surface area contributed by atoms with Gasteiger partial charge in [-0.25, -0.2) is 9.21 Å². The zero-order valence-corrected chi connectivity index (χ0v) is 34.0. The lowest BCUT2D eigenvalue weighted by atomic mass is 9.99. The average molecular weight is 936 g/mol. The second kappa shape index (κ2) is 20.0. The summed E-state index contributed by atoms with van der Waals surface area (Å²) in [6.45, 7) is -2.36. The minimum atomic E-state index is -2.01. The lowest BCUT2D eigenvalue weighted by Gasteiger charge is -2.40. The maximum Gasteiger partial charge on any atom is 0.402 e. The van der Waals surface area contributed by atoms with Gasteiger partial charge in [-0.3, -0.25) is 0 Å². The summed E-state index contributed by atoms with van der Waals surface area (Å²) in [6, 6.07) is 10.9. The van der Waals surface area contributed by atoms with Crippen molar-refractivity contribution in [1.82, 2.24) is 0 Å². The maximum atomic E-state index is 12.5. The number of hydrogen-bond donors (Lipinski definition) is 15. The van der Waals surface area contributed by atoms with Gasteiger partial charge in [-0.2, -0.15) is 0 Å². The molecular weight excluding hydrogens is 888 g/mol. The van der Waals surface area contributed by atoms with Gasteiger partial charge < -0.3 is 110 Å². The van der Waals surface area contributed by atoms with Crippen LogP contribution in [0.5, 0.6) is 40.2 Å². The van der Waals surface area contributed by atoms with Gasteiger partial charge in [0.15, 0.2) is 11.5 Å². The maximum absolute atomic E-state index is 12.5. The summed E-state index contributed by atoms with van der Waals surface area (Å²) in [5.41, 5.74) is 0.00833. The topological polar surface area (TPSA) is 396 Å². The molecule has 0 radical (unpaired) electrons. The van der Waals surface area contributed by atoms with Gasteiger partial charge >= 0.3 is 17.3 Å². The Labute approximate surface area is 371 Å². The van der Waals surface area contributed by atoms with Crippen LogP contribution in [0.25, 0.3) is 28.4 Å². The molecule has 1 aromatic heterocycles. The SMILES string of the molecule is O=C(C=Cc1ccc(O)cc1)OC[C@H]1O[C@@H](Oc2cc(O)cc3[o+]c(-c4cc(O)c(O)c(O[C@@H]5O[C@H](CO)[C@@H](O)[C@H](O)[C@H]5O)c4)c(O[C@@H]4O[C@H](CO)[C@@H](O)[C@H](O)[C@H]4O)cc23)[C@H](O)[C@@H](O)[C@@H]1O. The first-order valence-electron chi connectivity index (χ1n) is 20.0. The zero-order chi connectivity index (χ0) is 47.7. The number of carbonyl (C=O) groups excluding carboxylic acids is 1. The molecule has 4 aromatic rings. The van der Waals surface area contributed by atoms with E-state index in [0.29, 0.717) is 5.56 Å². The lowest BCUT2D eigenvalue weighted by molar-refractivity contribution is -0.278. The molecule has 0 unspecified atom stereocenters. The van der Waals surface area contributed by atoms with Gasteiger partial charge in [0.2, 0.25) is 30.4 Å². The highest BCUT2D eigenvalue weighted by Crippen LogP contribution is 2.46. The Hall–Kier alpha value is -5.68. The van der Waals surface area contributed by atoms with Crippen molar-refractivity contribution in [2.75, 3.05) is 19.8 Å². The van der Waals surface area contributed by atoms with Gasteiger partial charge in [0.05, 0.1) is 24.8 Å². The van der Waals surface area contributed by atoms with E-state index in [1.54, 1.807) is 0 Å². The molecule has 3 fully saturated rings. The molecule has 24 nitrogen and oxygen atoms in total. The fourth-order valence-electron chi connectivity index (χ4n) is 7.19. The molecule has 0 aliphatic carbocycles. The summed E-state index contributed by atoms with van der Waals surface area (Å²) in [7, 11) is 0. The Balaban J connectivity index is 1.23. The third-order valence-corrected chi connectivity index (χ3v) is 10.9. The number of rotatable bonds is 13. The second-order valence-corrected chi connectivity index (χ2v) is 15.5. The van der Waals surface area contributed by atoms with Gasteiger partial charge in [0, 0.05) is 30.3 Å². The van der Waals surface area contributed by atoms with Crippen molar-refractivity contribution >= 4 is 23.0 Å². The molecule has 3 saturated heterocycles. The zero-order valence-electron chi connectivity index (χ0n) is 34.0. The van der Waals surface area contributed by atoms with Crippen molar-refractivity contribution in [2.45, 2.75) is 92.1 Å². The van der Waals surface area contributed by atoms with Crippen LogP contribution in [0.15, 0.2) is 65.1 Å². The normalized spacial score (nSPS) is 32.6. The Morgan fingerprint density at radius 3 is 1.65 bits per heavy atom. The molecule has 0 spiro atoms. The van der Waals surface area contributed by atoms with Crippen LogP contribution in [0, 0.1) is 0 Å². The van der Waals surface area contributed by atoms with Crippen LogP contribution in [0.3, 0.4) is 0 Å². The summed E-state index contributed by atoms with van der Waals surface area (Å²) in [4.78, 5) is 12.5. The molecule has 24 heteroatoms. The summed E-state index contributed by atoms with van der Waals surface area (Å²) in [5.74, 6) is -5.24. The number of fused-ring (bicyclic) bond motifs is 1. The molecule has 4 heterocycles. The molecule has 7 rings (SSSR count). The van der Waals surface area contributed by atoms with Crippen molar-refractivity contribution in [2.24, 2.45) is 0 Å². The van der Waals surface area contributed by atoms with Crippen molar-refractivity contribution < 1.29 is 119 Å². The van der Waals surface area contributed by atoms with Crippen molar-refractivity contribution in [3.63, 3.8) is 0 Å². The van der Waals surface area contributed by atoms with Gasteiger partial charge in [-0.05, 0) is 23.8 Å². The molecule has 15 N–H and O–H groups in total. The predicted molar refractivity (Wildman–Crippen MR) is 215 cm³/mol. The van der Waals surface area contributed by atoms with Crippen LogP contribution < -0.4 is 14.2 Å². The minimum absolute atomic E-state index is 0.00455. The second-order valence-electron chi connectivity index (χ2n) is 15.5. The number of aromatic hydroxyl groups is 4. The quantitative estimate of drug-likeness (QED) is 0.0275. The molecule has 0 bridgehead atoms. The fraction of sp³-hybridized carbons (Fsp3) is 0.429. The van der Waals surface area contributed by atoms with E-state index in [2.05, 4.69) is 0 Å². The molecule has 3 aliphatic heterocycles. The van der Waals surface area contributed by atoms with E-state index < -0.39 is 152 Å². The number of aliphatic hydroxyl groups excluding tert-OH is 11. The van der Waals surface area contributed by atoms with Gasteiger partial charge in [0.25, 0.3) is 0 Å². The molecule has 0 saturated carbocycles. The largest absolute Gasteiger partial charge is 0.508 e. The lowest BCUT2D eigenvalue weighted by Crippen LogP contribution is -2.60. The standard InChI is InChI=1S/C42H46O24/c43-12-25-30(50)33(53)36(56)41(64-25)62-23-8-16(7-20(47)29(23)49)39-24(63-42-37(57)34(54)31(51)26(13-44)65-42)11-19-21(60-39)9-18(46)10-22(19)61-40-38(58)35(55)32(52)27(66-40)14-59-28(48)6-3-15-1-4-17(45)5-2-15/h1-11,25-27,30-38,40-44,50-58H,12-14H2,(H3-,45,46,47,48,49)/p+1/t25-,26-,27-,30-,31-,32-,33+,34+,35+,36-,37-,38-,40-,41-,42-/m1/s1. The first kappa shape index (κ1) is 48.3. The number of benzene rings is 3. The first-order chi connectivity index (χ1) is 31.4. The molecule has 3 aromatic carbocycles. The van der Waals surface area contributed by atoms with E-state index in [0.717, 1.165) is 36.4 Å². The molecule has 15 atom stereocenters. The monoisotopic (exact) mass is 935 g/mol. The molecule has 3 aliphatic rings. The van der Waals surface area contributed by atoms with E-state index in [9.17, 15) is 81.4 Å². The molecular formula is C42H47O24+. The third kappa shape index (κ3) is 10.0. The van der Waals surface area contributed by atoms with E-state index in [1.807, 2.05) is 0 Å². The summed E-state index contributed by atoms with van der Waals surface area (Å²) < 4.78 is 45.4. The molecule has 66 heavy (non-hydrogen) atoms. The van der Waals surface area contributed by atoms with Crippen molar-refractivity contribution in [1.29, 1.82) is 0 Å². The van der Waals surface area contributed by atoms with E-state index in [4.69, 9.17) is 37.6 Å². The summed E-state index contributed by atoms with van der Waals surface area (Å²) in [6.07, 6.45) is -24.8. The highest BCUT2D eigenvalue weighted by Gasteiger charge is 2.48. The Bertz CT molecular complexity index is 2360. The minimum Gasteiger partial charge on any atom is -0.508 e. The van der Waals surface area contributed by atoms with Gasteiger partial charge in [0.1, 0.15) is 102 Å². The average Bonchev–Trinajstić information content (AvgIpc) is 3.30. The highest BCUT2D eigenvalue weighted by molar-refractivity contribution is 5.89. The number of aliphatic hydroxyl groups is 11. The number of phenolic OH excluding ortho intramolecular Hbond substituents is 4. The van der Waals surface area contributed by atoms with E-state index in [1.165, 1.54) is 30.3 Å². The number of carbonyl (C=O) groups is 1. The van der Waals surface area contributed by atoms with E-state index in [-0.39, 0.29) is 28.0 Å².